The zero-order valence-electron chi connectivity index (χ0n) is 11.0. The summed E-state index contributed by atoms with van der Waals surface area (Å²) in [7, 11) is -4.33. The lowest BCUT2D eigenvalue weighted by Crippen LogP contribution is -2.29. The number of nitrogens with one attached hydrogen (secondary N) is 1. The fourth-order valence-corrected chi connectivity index (χ4v) is 2.19. The number of carbonyl (C=O) groups is 1. The first-order valence-electron chi connectivity index (χ1n) is 5.81. The molecule has 2 N–H and O–H groups in total. The Bertz CT molecular complexity index is 593. The van der Waals surface area contributed by atoms with Crippen molar-refractivity contribution in [3.8, 4) is 0 Å². The number of hydrogen-bond donors (Lipinski definition) is 2. The second-order valence-electron chi connectivity index (χ2n) is 4.75. The van der Waals surface area contributed by atoms with Crippen LogP contribution in [0.5, 0.6) is 0 Å². The first-order valence-corrected chi connectivity index (χ1v) is 7.80. The lowest BCUT2D eigenvalue weighted by Gasteiger charge is -2.11. The van der Waals surface area contributed by atoms with Crippen LogP contribution in [0.2, 0.25) is 5.02 Å². The van der Waals surface area contributed by atoms with Crippen molar-refractivity contribution in [2.24, 2.45) is 5.92 Å². The fourth-order valence-electron chi connectivity index (χ4n) is 1.60. The molecule has 0 aliphatic rings. The molecule has 0 aliphatic heterocycles. The molecule has 1 aromatic carbocycles. The minimum absolute atomic E-state index is 0.107. The molecule has 1 amide bonds. The van der Waals surface area contributed by atoms with Gasteiger partial charge in [-0.3, -0.25) is 9.35 Å². The first kappa shape index (κ1) is 16.9. The molecule has 0 aromatic heterocycles. The molecule has 0 unspecified atom stereocenters. The molecule has 0 spiro atoms. The fraction of sp³-hybridized carbons (Fsp3) is 0.417. The Balaban J connectivity index is 2.96. The van der Waals surface area contributed by atoms with Gasteiger partial charge in [0.2, 0.25) is 0 Å². The SMILES string of the molecule is CC(C)Cc1c(F)cc(C(=O)NCS(=O)(=O)O)cc1Cl. The summed E-state index contributed by atoms with van der Waals surface area (Å²) in [6.07, 6.45) is 0.428. The van der Waals surface area contributed by atoms with Crippen molar-refractivity contribution in [3.63, 3.8) is 0 Å². The van der Waals surface area contributed by atoms with Gasteiger partial charge in [-0.15, -0.1) is 0 Å². The molecule has 5 nitrogen and oxygen atoms in total. The average molecular weight is 324 g/mol. The van der Waals surface area contributed by atoms with Crippen LogP contribution in [0, 0.1) is 11.7 Å². The second kappa shape index (κ2) is 6.51. The monoisotopic (exact) mass is 323 g/mol. The van der Waals surface area contributed by atoms with Gasteiger partial charge in [-0.2, -0.15) is 8.42 Å². The van der Waals surface area contributed by atoms with Crippen LogP contribution in [0.15, 0.2) is 12.1 Å². The van der Waals surface area contributed by atoms with Crippen molar-refractivity contribution >= 4 is 27.6 Å². The third-order valence-electron chi connectivity index (χ3n) is 2.43. The molecule has 0 heterocycles. The second-order valence-corrected chi connectivity index (χ2v) is 6.61. The standard InChI is InChI=1S/C12H15ClFNO4S/c1-7(2)3-9-10(13)4-8(5-11(9)14)12(16)15-6-20(17,18)19/h4-5,7H,3,6H2,1-2H3,(H,15,16)(H,17,18,19). The molecular weight excluding hydrogens is 309 g/mol. The Hall–Kier alpha value is -1.18. The predicted molar refractivity (Wildman–Crippen MR) is 73.8 cm³/mol. The molecule has 20 heavy (non-hydrogen) atoms. The predicted octanol–water partition coefficient (Wildman–Crippen LogP) is 2.25. The van der Waals surface area contributed by atoms with E-state index in [1.54, 1.807) is 0 Å². The van der Waals surface area contributed by atoms with E-state index in [-0.39, 0.29) is 16.5 Å². The van der Waals surface area contributed by atoms with Crippen LogP contribution in [0.3, 0.4) is 0 Å². The Morgan fingerprint density at radius 3 is 2.50 bits per heavy atom. The molecule has 0 fully saturated rings. The van der Waals surface area contributed by atoms with E-state index < -0.39 is 27.7 Å². The summed E-state index contributed by atoms with van der Waals surface area (Å²) in [5, 5.41) is 2.06. The topological polar surface area (TPSA) is 83.5 Å². The summed E-state index contributed by atoms with van der Waals surface area (Å²) >= 11 is 5.93. The number of halogens is 2. The Kier molecular flexibility index (Phi) is 5.50. The maximum atomic E-state index is 13.9. The van der Waals surface area contributed by atoms with Gasteiger partial charge >= 0.3 is 0 Å². The quantitative estimate of drug-likeness (QED) is 0.814. The Morgan fingerprint density at radius 1 is 1.45 bits per heavy atom. The molecule has 0 aliphatic carbocycles. The van der Waals surface area contributed by atoms with Gasteiger partial charge in [0.05, 0.1) is 0 Å². The zero-order valence-corrected chi connectivity index (χ0v) is 12.6. The minimum Gasteiger partial charge on any atom is -0.336 e. The van der Waals surface area contributed by atoms with E-state index in [2.05, 4.69) is 0 Å². The molecule has 0 bridgehead atoms. The molecule has 0 radical (unpaired) electrons. The van der Waals surface area contributed by atoms with E-state index in [1.807, 2.05) is 19.2 Å². The number of benzene rings is 1. The normalized spacial score (nSPS) is 11.7. The van der Waals surface area contributed by atoms with Gasteiger partial charge in [0, 0.05) is 16.1 Å². The van der Waals surface area contributed by atoms with E-state index in [0.29, 0.717) is 12.0 Å². The summed E-state index contributed by atoms with van der Waals surface area (Å²) in [6, 6.07) is 2.25. The van der Waals surface area contributed by atoms with Gasteiger partial charge in [0.1, 0.15) is 11.7 Å². The molecule has 112 valence electrons. The maximum Gasteiger partial charge on any atom is 0.283 e. The van der Waals surface area contributed by atoms with Crippen molar-refractivity contribution in [1.29, 1.82) is 0 Å². The summed E-state index contributed by atoms with van der Waals surface area (Å²) < 4.78 is 43.4. The van der Waals surface area contributed by atoms with E-state index >= 15 is 0 Å². The lowest BCUT2D eigenvalue weighted by molar-refractivity contribution is 0.0958. The van der Waals surface area contributed by atoms with Crippen molar-refractivity contribution in [2.45, 2.75) is 20.3 Å². The smallest absolute Gasteiger partial charge is 0.283 e. The summed E-state index contributed by atoms with van der Waals surface area (Å²) in [5.74, 6) is -2.21. The highest BCUT2D eigenvalue weighted by Gasteiger charge is 2.16. The molecule has 1 rings (SSSR count). The molecular formula is C12H15ClFNO4S. The van der Waals surface area contributed by atoms with E-state index in [4.69, 9.17) is 16.2 Å². The molecule has 0 saturated heterocycles. The number of hydrogen-bond acceptors (Lipinski definition) is 3. The van der Waals surface area contributed by atoms with E-state index in [9.17, 15) is 17.6 Å². The van der Waals surface area contributed by atoms with Gasteiger partial charge in [-0.25, -0.2) is 4.39 Å². The van der Waals surface area contributed by atoms with E-state index in [0.717, 1.165) is 6.07 Å². The van der Waals surface area contributed by atoms with Crippen LogP contribution in [-0.2, 0) is 16.5 Å². The van der Waals surface area contributed by atoms with Crippen LogP contribution in [0.25, 0.3) is 0 Å². The molecule has 8 heteroatoms. The first-order chi connectivity index (χ1) is 9.10. The summed E-state index contributed by atoms with van der Waals surface area (Å²) in [6.45, 7) is 3.81. The van der Waals surface area contributed by atoms with Gasteiger partial charge in [-0.1, -0.05) is 25.4 Å². The van der Waals surface area contributed by atoms with Crippen LogP contribution in [-0.4, -0.2) is 24.8 Å². The molecule has 1 aromatic rings. The third kappa shape index (κ3) is 5.07. The maximum absolute atomic E-state index is 13.9. The van der Waals surface area contributed by atoms with Crippen molar-refractivity contribution in [3.05, 3.63) is 34.1 Å². The van der Waals surface area contributed by atoms with Crippen LogP contribution >= 0.6 is 11.6 Å². The number of carbonyl (C=O) groups excluding carboxylic acids is 1. The van der Waals surface area contributed by atoms with Gasteiger partial charge in [0.15, 0.2) is 0 Å². The molecule has 0 saturated carbocycles. The highest BCUT2D eigenvalue weighted by molar-refractivity contribution is 7.85. The lowest BCUT2D eigenvalue weighted by atomic mass is 10.0. The summed E-state index contributed by atoms with van der Waals surface area (Å²) in [5.41, 5.74) is 0.205. The third-order valence-corrected chi connectivity index (χ3v) is 3.28. The Labute approximate surface area is 121 Å². The minimum atomic E-state index is -4.33. The zero-order chi connectivity index (χ0) is 15.5. The van der Waals surface area contributed by atoms with E-state index in [1.165, 1.54) is 6.07 Å². The van der Waals surface area contributed by atoms with Gasteiger partial charge in [0.25, 0.3) is 16.0 Å². The average Bonchev–Trinajstić information content (AvgIpc) is 2.29. The highest BCUT2D eigenvalue weighted by atomic mass is 35.5. The largest absolute Gasteiger partial charge is 0.336 e. The Morgan fingerprint density at radius 2 is 2.05 bits per heavy atom. The van der Waals surface area contributed by atoms with Crippen molar-refractivity contribution in [1.82, 2.24) is 5.32 Å². The van der Waals surface area contributed by atoms with Crippen LogP contribution < -0.4 is 5.32 Å². The van der Waals surface area contributed by atoms with Crippen LogP contribution in [0.1, 0.15) is 29.8 Å². The number of rotatable bonds is 5. The van der Waals surface area contributed by atoms with Gasteiger partial charge in [-0.05, 0) is 24.5 Å². The number of amides is 1. The highest BCUT2D eigenvalue weighted by Crippen LogP contribution is 2.24. The summed E-state index contributed by atoms with van der Waals surface area (Å²) in [4.78, 5) is 11.6. The van der Waals surface area contributed by atoms with Crippen molar-refractivity contribution < 1.29 is 22.2 Å². The van der Waals surface area contributed by atoms with Gasteiger partial charge < -0.3 is 5.32 Å². The van der Waals surface area contributed by atoms with Crippen molar-refractivity contribution in [2.75, 3.05) is 5.88 Å². The van der Waals surface area contributed by atoms with Crippen LogP contribution in [0.4, 0.5) is 4.39 Å². The molecule has 0 atom stereocenters.